The molecule has 0 aromatic heterocycles. The Bertz CT molecular complexity index is 37.8. The zero-order valence-corrected chi connectivity index (χ0v) is 9.30. The van der Waals surface area contributed by atoms with Gasteiger partial charge < -0.3 is 5.73 Å². The average Bonchev–Trinajstić information content (AvgIpc) is 1.27. The molecule has 0 amide bonds. The summed E-state index contributed by atoms with van der Waals surface area (Å²) >= 11 is -0.826. The zero-order valence-electron chi connectivity index (χ0n) is 5.33. The molecule has 0 atom stereocenters. The fourth-order valence-electron chi connectivity index (χ4n) is 0. The molecule has 1 nitrogen and oxygen atoms in total. The first kappa shape index (κ1) is 12.1. The van der Waals surface area contributed by atoms with Gasteiger partial charge in [-0.3, -0.25) is 0 Å². The Labute approximate surface area is 69.6 Å². The molecule has 0 fully saturated rings. The Morgan fingerprint density at radius 2 is 1.25 bits per heavy atom. The van der Waals surface area contributed by atoms with E-state index in [0.717, 1.165) is 0 Å². The maximum atomic E-state index is 5.35. The van der Waals surface area contributed by atoms with Gasteiger partial charge in [0.2, 0.25) is 0 Å². The molecular weight excluding hydrogens is 224 g/mol. The molecule has 0 bridgehead atoms. The van der Waals surface area contributed by atoms with E-state index in [1.54, 1.807) is 0 Å². The molecule has 0 aliphatic rings. The third-order valence-electron chi connectivity index (χ3n) is 0. The topological polar surface area (TPSA) is 26.0 Å². The van der Waals surface area contributed by atoms with Crippen LogP contribution in [0.4, 0.5) is 0 Å². The van der Waals surface area contributed by atoms with Crippen LogP contribution in [-0.4, -0.2) is 5.54 Å². The van der Waals surface area contributed by atoms with Crippen LogP contribution in [0.15, 0.2) is 0 Å². The molecule has 0 aliphatic carbocycles. The summed E-state index contributed by atoms with van der Waals surface area (Å²) < 4.78 is 0. The van der Waals surface area contributed by atoms with Gasteiger partial charge in [-0.1, -0.05) is 0 Å². The third kappa shape index (κ3) is 151. The van der Waals surface area contributed by atoms with Gasteiger partial charge in [-0.15, -0.1) is 0 Å². The molecule has 2 N–H and O–H groups in total. The molecule has 0 heterocycles. The number of hydrogen-bond donors (Lipinski definition) is 1. The number of nitrogens with two attached hydrogens (primary N) is 1. The van der Waals surface area contributed by atoms with Gasteiger partial charge in [-0.05, 0) is 20.8 Å². The van der Waals surface area contributed by atoms with Gasteiger partial charge >= 0.3 is 37.9 Å². The van der Waals surface area contributed by atoms with E-state index in [2.05, 4.69) is 0 Å². The van der Waals surface area contributed by atoms with E-state index in [4.69, 9.17) is 22.8 Å². The third-order valence-corrected chi connectivity index (χ3v) is 0. The van der Waals surface area contributed by atoms with E-state index in [1.165, 1.54) is 0 Å². The molecule has 0 saturated heterocycles. The van der Waals surface area contributed by atoms with Crippen LogP contribution in [0.2, 0.25) is 0 Å². The van der Waals surface area contributed by atoms with Gasteiger partial charge in [-0.25, -0.2) is 0 Å². The molecule has 50 valence electrons. The van der Waals surface area contributed by atoms with Crippen molar-refractivity contribution in [2.75, 3.05) is 0 Å². The van der Waals surface area contributed by atoms with Crippen molar-refractivity contribution in [1.29, 1.82) is 0 Å². The Hall–Kier alpha value is 1.42. The summed E-state index contributed by atoms with van der Waals surface area (Å²) in [7, 11) is 9.87. The van der Waals surface area contributed by atoms with Gasteiger partial charge in [0.15, 0.2) is 0 Å². The van der Waals surface area contributed by atoms with Crippen molar-refractivity contribution in [2.24, 2.45) is 5.73 Å². The molecule has 0 saturated carbocycles. The molecule has 8 heavy (non-hydrogen) atoms. The Balaban J connectivity index is 0. The summed E-state index contributed by atoms with van der Waals surface area (Å²) in [5.41, 5.74) is 5.35. The van der Waals surface area contributed by atoms with Gasteiger partial charge in [0, 0.05) is 5.54 Å². The van der Waals surface area contributed by atoms with Crippen LogP contribution in [0.25, 0.3) is 0 Å². The zero-order chi connectivity index (χ0) is 7.21. The number of rotatable bonds is 0. The molecule has 0 radical (unpaired) electrons. The second-order valence-corrected chi connectivity index (χ2v) is 6.17. The SMILES string of the molecule is CC(C)(C)N.[Cl][Zr][Cl]. The van der Waals surface area contributed by atoms with Crippen molar-refractivity contribution in [3.63, 3.8) is 0 Å². The van der Waals surface area contributed by atoms with Crippen LogP contribution in [0.5, 0.6) is 0 Å². The summed E-state index contributed by atoms with van der Waals surface area (Å²) in [5, 5.41) is 0. The van der Waals surface area contributed by atoms with Gasteiger partial charge in [0.05, 0.1) is 0 Å². The monoisotopic (exact) mass is 233 g/mol. The van der Waals surface area contributed by atoms with Crippen LogP contribution in [0.3, 0.4) is 0 Å². The summed E-state index contributed by atoms with van der Waals surface area (Å²) in [4.78, 5) is 0. The van der Waals surface area contributed by atoms with Crippen LogP contribution in [0.1, 0.15) is 20.8 Å². The molecule has 0 aromatic rings. The minimum atomic E-state index is -0.826. The first-order valence-electron chi connectivity index (χ1n) is 2.17. The fourth-order valence-corrected chi connectivity index (χ4v) is 0. The van der Waals surface area contributed by atoms with E-state index in [1.807, 2.05) is 20.8 Å². The molecule has 0 spiro atoms. The first-order chi connectivity index (χ1) is 3.41. The molecule has 0 aromatic carbocycles. The first-order valence-corrected chi connectivity index (χ1v) is 8.50. The van der Waals surface area contributed by atoms with Gasteiger partial charge in [0.1, 0.15) is 0 Å². The van der Waals surface area contributed by atoms with Crippen molar-refractivity contribution in [3.8, 4) is 0 Å². The Kier molecular flexibility index (Phi) is 9.92. The summed E-state index contributed by atoms with van der Waals surface area (Å²) in [6.07, 6.45) is 0. The normalized spacial score (nSPS) is 9.25. The Morgan fingerprint density at radius 1 is 1.25 bits per heavy atom. The predicted octanol–water partition coefficient (Wildman–Crippen LogP) is 2.12. The van der Waals surface area contributed by atoms with Crippen molar-refractivity contribution in [1.82, 2.24) is 0 Å². The van der Waals surface area contributed by atoms with E-state index in [9.17, 15) is 0 Å². The predicted molar refractivity (Wildman–Crippen MR) is 35.6 cm³/mol. The number of halogens is 2. The van der Waals surface area contributed by atoms with Crippen LogP contribution < -0.4 is 5.73 Å². The standard InChI is InChI=1S/C4H11N.2ClH.Zr/c1-4(2,3)5;;;/h5H2,1-3H3;2*1H;/q;;;+2/p-2. The summed E-state index contributed by atoms with van der Waals surface area (Å²) in [6, 6.07) is 0. The average molecular weight is 235 g/mol. The Morgan fingerprint density at radius 3 is 1.25 bits per heavy atom. The van der Waals surface area contributed by atoms with E-state index in [-0.39, 0.29) is 5.54 Å². The van der Waals surface area contributed by atoms with E-state index in [0.29, 0.717) is 0 Å². The summed E-state index contributed by atoms with van der Waals surface area (Å²) in [6.45, 7) is 5.90. The second kappa shape index (κ2) is 6.54. The fraction of sp³-hybridized carbons (Fsp3) is 1.00. The van der Waals surface area contributed by atoms with Crippen LogP contribution in [-0.2, 0) is 20.8 Å². The van der Waals surface area contributed by atoms with Crippen molar-refractivity contribution in [2.45, 2.75) is 26.3 Å². The van der Waals surface area contributed by atoms with E-state index >= 15 is 0 Å². The van der Waals surface area contributed by atoms with Gasteiger partial charge in [0.25, 0.3) is 0 Å². The molecule has 4 heteroatoms. The van der Waals surface area contributed by atoms with Crippen LogP contribution in [0, 0.1) is 0 Å². The van der Waals surface area contributed by atoms with Crippen LogP contribution >= 0.6 is 17.0 Å². The molecular formula is C4H11Cl2NZr. The maximum absolute atomic E-state index is 5.35. The number of hydrogen-bond acceptors (Lipinski definition) is 1. The second-order valence-electron chi connectivity index (χ2n) is 2.44. The van der Waals surface area contributed by atoms with Crippen molar-refractivity contribution >= 4 is 17.0 Å². The van der Waals surface area contributed by atoms with Crippen molar-refractivity contribution < 1.29 is 20.8 Å². The van der Waals surface area contributed by atoms with E-state index < -0.39 is 20.8 Å². The molecule has 0 aliphatic heterocycles. The molecule has 0 unspecified atom stereocenters. The van der Waals surface area contributed by atoms with Crippen molar-refractivity contribution in [3.05, 3.63) is 0 Å². The van der Waals surface area contributed by atoms with Gasteiger partial charge in [-0.2, -0.15) is 0 Å². The summed E-state index contributed by atoms with van der Waals surface area (Å²) in [5.74, 6) is 0. The minimum absolute atomic E-state index is 0. The molecule has 0 rings (SSSR count). The quantitative estimate of drug-likeness (QED) is 0.684.